The van der Waals surface area contributed by atoms with Crippen LogP contribution in [0, 0.1) is 0 Å². The van der Waals surface area contributed by atoms with E-state index in [4.69, 9.17) is 16.7 Å². The van der Waals surface area contributed by atoms with E-state index in [1.165, 1.54) is 6.20 Å². The zero-order valence-corrected chi connectivity index (χ0v) is 9.79. The Labute approximate surface area is 101 Å². The largest absolute Gasteiger partial charge is 0.385 e. The number of aliphatic hydroxyl groups is 1. The fraction of sp³-hybridized carbons (Fsp3) is 0.556. The van der Waals surface area contributed by atoms with Gasteiger partial charge in [0.05, 0.1) is 11.9 Å². The smallest absolute Gasteiger partial charge is 0.287 e. The van der Waals surface area contributed by atoms with Crippen LogP contribution in [0.4, 0.5) is 14.5 Å². The number of alkyl halides is 2. The molecule has 17 heavy (non-hydrogen) atoms. The van der Waals surface area contributed by atoms with Gasteiger partial charge in [0.25, 0.3) is 12.0 Å². The van der Waals surface area contributed by atoms with Crippen LogP contribution < -0.4 is 10.9 Å². The van der Waals surface area contributed by atoms with Crippen molar-refractivity contribution in [2.75, 3.05) is 11.9 Å². The zero-order valence-electron chi connectivity index (χ0n) is 9.03. The maximum Gasteiger partial charge on any atom is 0.287 e. The molecule has 0 fully saturated rings. The summed E-state index contributed by atoms with van der Waals surface area (Å²) in [4.78, 5) is 11.5. The predicted molar refractivity (Wildman–Crippen MR) is 59.7 cm³/mol. The molecule has 1 aromatic heterocycles. The van der Waals surface area contributed by atoms with E-state index >= 15 is 0 Å². The van der Waals surface area contributed by atoms with Crippen LogP contribution in [0.15, 0.2) is 11.0 Å². The van der Waals surface area contributed by atoms with Crippen molar-refractivity contribution in [3.8, 4) is 0 Å². The van der Waals surface area contributed by atoms with Crippen molar-refractivity contribution in [3.63, 3.8) is 0 Å². The molecule has 0 radical (unpaired) electrons. The highest BCUT2D eigenvalue weighted by molar-refractivity contribution is 6.32. The summed E-state index contributed by atoms with van der Waals surface area (Å²) in [6.45, 7) is 1.67. The molecule has 0 aliphatic rings. The normalized spacial score (nSPS) is 12.8. The maximum absolute atomic E-state index is 12.0. The second-order valence-corrected chi connectivity index (χ2v) is 3.65. The van der Waals surface area contributed by atoms with Gasteiger partial charge in [-0.1, -0.05) is 11.6 Å². The minimum atomic E-state index is -2.86. The zero-order chi connectivity index (χ0) is 13.0. The van der Waals surface area contributed by atoms with Crippen LogP contribution in [0.1, 0.15) is 6.92 Å². The number of anilines is 1. The van der Waals surface area contributed by atoms with Crippen LogP contribution in [0.5, 0.6) is 0 Å². The average Bonchev–Trinajstić information content (AvgIpc) is 2.30. The van der Waals surface area contributed by atoms with E-state index in [1.54, 1.807) is 6.92 Å². The number of hydrogen-bond acceptors (Lipinski definition) is 4. The third-order valence-electron chi connectivity index (χ3n) is 2.08. The highest BCUT2D eigenvalue weighted by atomic mass is 35.5. The predicted octanol–water partition coefficient (Wildman–Crippen LogP) is 0.954. The van der Waals surface area contributed by atoms with Gasteiger partial charge < -0.3 is 10.4 Å². The van der Waals surface area contributed by atoms with Gasteiger partial charge in [0.1, 0.15) is 11.1 Å². The number of nitrogens with zero attached hydrogens (tertiary/aromatic N) is 2. The van der Waals surface area contributed by atoms with Gasteiger partial charge in [-0.05, 0) is 6.92 Å². The molecule has 2 N–H and O–H groups in total. The second-order valence-electron chi connectivity index (χ2n) is 3.28. The third-order valence-corrected chi connectivity index (χ3v) is 2.44. The molecule has 0 bridgehead atoms. The van der Waals surface area contributed by atoms with Gasteiger partial charge in [0.2, 0.25) is 0 Å². The summed E-state index contributed by atoms with van der Waals surface area (Å²) in [6.07, 6.45) is -3.42. The van der Waals surface area contributed by atoms with Crippen molar-refractivity contribution in [3.05, 3.63) is 21.6 Å². The molecule has 0 spiro atoms. The van der Waals surface area contributed by atoms with Crippen LogP contribution in [-0.4, -0.2) is 34.0 Å². The summed E-state index contributed by atoms with van der Waals surface area (Å²) in [5.74, 6) is 0. The number of halogens is 3. The molecular formula is C9H12ClF2N3O2. The van der Waals surface area contributed by atoms with Gasteiger partial charge in [-0.15, -0.1) is 0 Å². The molecule has 0 aliphatic carbocycles. The van der Waals surface area contributed by atoms with E-state index in [0.717, 1.165) is 4.68 Å². The van der Waals surface area contributed by atoms with E-state index in [0.29, 0.717) is 6.54 Å². The maximum atomic E-state index is 12.0. The van der Waals surface area contributed by atoms with Crippen LogP contribution in [0.3, 0.4) is 0 Å². The lowest BCUT2D eigenvalue weighted by atomic mass is 10.3. The summed E-state index contributed by atoms with van der Waals surface area (Å²) in [6, 6.07) is 0. The Hall–Kier alpha value is -1.21. The van der Waals surface area contributed by atoms with Gasteiger partial charge in [-0.25, -0.2) is 13.5 Å². The number of nitrogens with one attached hydrogen (secondary N) is 1. The van der Waals surface area contributed by atoms with Crippen molar-refractivity contribution in [1.29, 1.82) is 0 Å². The number of hydrogen-bond donors (Lipinski definition) is 2. The molecule has 1 unspecified atom stereocenters. The Kier molecular flexibility index (Phi) is 4.83. The van der Waals surface area contributed by atoms with E-state index in [9.17, 15) is 13.6 Å². The Morgan fingerprint density at radius 2 is 2.29 bits per heavy atom. The highest BCUT2D eigenvalue weighted by Crippen LogP contribution is 2.15. The van der Waals surface area contributed by atoms with Crippen molar-refractivity contribution in [2.45, 2.75) is 26.0 Å². The molecular weight excluding hydrogens is 256 g/mol. The SMILES string of the molecule is CCn1ncc(NCC(O)C(F)F)c(Cl)c1=O. The summed E-state index contributed by atoms with van der Waals surface area (Å²) >= 11 is 5.74. The first-order valence-corrected chi connectivity index (χ1v) is 5.30. The fourth-order valence-corrected chi connectivity index (χ4v) is 1.33. The fourth-order valence-electron chi connectivity index (χ4n) is 1.12. The van der Waals surface area contributed by atoms with Crippen molar-refractivity contribution in [1.82, 2.24) is 9.78 Å². The van der Waals surface area contributed by atoms with Crippen LogP contribution in [0.25, 0.3) is 0 Å². The summed E-state index contributed by atoms with van der Waals surface area (Å²) in [5.41, 5.74) is -0.383. The molecule has 1 aromatic rings. The molecule has 5 nitrogen and oxygen atoms in total. The van der Waals surface area contributed by atoms with Crippen molar-refractivity contribution in [2.24, 2.45) is 0 Å². The Balaban J connectivity index is 2.80. The molecule has 0 saturated heterocycles. The lowest BCUT2D eigenvalue weighted by Gasteiger charge is -2.12. The minimum absolute atomic E-state index is 0.126. The summed E-state index contributed by atoms with van der Waals surface area (Å²) in [7, 11) is 0. The van der Waals surface area contributed by atoms with Crippen molar-refractivity contribution >= 4 is 17.3 Å². The first-order chi connectivity index (χ1) is 7.97. The topological polar surface area (TPSA) is 67.2 Å². The number of aryl methyl sites for hydroxylation is 1. The Morgan fingerprint density at radius 1 is 1.65 bits per heavy atom. The monoisotopic (exact) mass is 267 g/mol. The first kappa shape index (κ1) is 13.9. The molecule has 0 saturated carbocycles. The van der Waals surface area contributed by atoms with Gasteiger partial charge in [0.15, 0.2) is 0 Å². The van der Waals surface area contributed by atoms with E-state index in [-0.39, 0.29) is 10.7 Å². The van der Waals surface area contributed by atoms with Crippen molar-refractivity contribution < 1.29 is 13.9 Å². The summed E-state index contributed by atoms with van der Waals surface area (Å²) < 4.78 is 25.2. The van der Waals surface area contributed by atoms with Crippen LogP contribution in [-0.2, 0) is 6.54 Å². The van der Waals surface area contributed by atoms with Gasteiger partial charge in [-0.2, -0.15) is 5.10 Å². The molecule has 1 heterocycles. The van der Waals surface area contributed by atoms with E-state index < -0.39 is 24.6 Å². The van der Waals surface area contributed by atoms with E-state index in [1.807, 2.05) is 0 Å². The van der Waals surface area contributed by atoms with Crippen LogP contribution in [0.2, 0.25) is 5.02 Å². The lowest BCUT2D eigenvalue weighted by molar-refractivity contribution is 0.00384. The Morgan fingerprint density at radius 3 is 2.82 bits per heavy atom. The number of aliphatic hydroxyl groups excluding tert-OH is 1. The third kappa shape index (κ3) is 3.37. The molecule has 0 aliphatic heterocycles. The number of rotatable bonds is 5. The summed E-state index contributed by atoms with van der Waals surface area (Å²) in [5, 5.41) is 15.0. The highest BCUT2D eigenvalue weighted by Gasteiger charge is 2.17. The molecule has 96 valence electrons. The quantitative estimate of drug-likeness (QED) is 0.834. The molecule has 0 aromatic carbocycles. The van der Waals surface area contributed by atoms with Gasteiger partial charge in [0, 0.05) is 13.1 Å². The molecule has 0 amide bonds. The van der Waals surface area contributed by atoms with Crippen LogP contribution >= 0.6 is 11.6 Å². The second kappa shape index (κ2) is 5.92. The van der Waals surface area contributed by atoms with Gasteiger partial charge >= 0.3 is 0 Å². The standard InChI is InChI=1S/C9H12ClF2N3O2/c1-2-15-9(17)7(10)5(3-14-15)13-4-6(16)8(11)12/h3,6,8,13,16H,2,4H2,1H3. The van der Waals surface area contributed by atoms with Gasteiger partial charge in [-0.3, -0.25) is 4.79 Å². The Bertz CT molecular complexity index is 439. The molecule has 1 atom stereocenters. The number of aromatic nitrogens is 2. The molecule has 8 heteroatoms. The molecule has 1 rings (SSSR count). The first-order valence-electron chi connectivity index (χ1n) is 4.93. The van der Waals surface area contributed by atoms with E-state index in [2.05, 4.69) is 10.4 Å². The minimum Gasteiger partial charge on any atom is -0.385 e. The average molecular weight is 268 g/mol. The lowest BCUT2D eigenvalue weighted by Crippen LogP contribution is -2.29.